The Hall–Kier alpha value is -0.0800. The van der Waals surface area contributed by atoms with E-state index >= 15 is 0 Å². The zero-order chi connectivity index (χ0) is 10.3. The lowest BCUT2D eigenvalue weighted by atomic mass is 9.74. The molecular weight excluding hydrogens is 184 g/mol. The molecule has 0 aromatic rings. The van der Waals surface area contributed by atoms with Crippen LogP contribution >= 0.6 is 0 Å². The van der Waals surface area contributed by atoms with Gasteiger partial charge in [0.25, 0.3) is 0 Å². The molecule has 3 fully saturated rings. The van der Waals surface area contributed by atoms with Crippen molar-refractivity contribution in [1.82, 2.24) is 10.2 Å². The Balaban J connectivity index is 1.77. The van der Waals surface area contributed by atoms with E-state index in [9.17, 15) is 0 Å². The van der Waals surface area contributed by atoms with Crippen LogP contribution in [0.25, 0.3) is 0 Å². The first-order valence-corrected chi connectivity index (χ1v) is 6.78. The summed E-state index contributed by atoms with van der Waals surface area (Å²) in [7, 11) is 0. The molecule has 0 bridgehead atoms. The maximum Gasteiger partial charge on any atom is 0.0337 e. The van der Waals surface area contributed by atoms with E-state index < -0.39 is 0 Å². The Kier molecular flexibility index (Phi) is 2.52. The van der Waals surface area contributed by atoms with Gasteiger partial charge in [0.15, 0.2) is 0 Å². The fraction of sp³-hybridized carbons (Fsp3) is 1.00. The standard InChI is InChI=1S/C13H24N2/c1-11-4-6-13(7-5-11)10-14-9-12-3-2-8-15(12)13/h11-12,14H,2-10H2,1H3/t11?,12-,13?/m0/s1. The second kappa shape index (κ2) is 3.74. The first-order chi connectivity index (χ1) is 7.30. The molecule has 2 heteroatoms. The normalized spacial score (nSPS) is 47.0. The number of fused-ring (bicyclic) bond motifs is 2. The third-order valence-corrected chi connectivity index (χ3v) is 5.03. The highest BCUT2D eigenvalue weighted by Crippen LogP contribution is 2.41. The third kappa shape index (κ3) is 1.62. The SMILES string of the molecule is CC1CCC2(CC1)CNC[C@@H]1CCCN12. The molecule has 1 aliphatic carbocycles. The Morgan fingerprint density at radius 3 is 2.80 bits per heavy atom. The van der Waals surface area contributed by atoms with Crippen LogP contribution in [0.2, 0.25) is 0 Å². The van der Waals surface area contributed by atoms with Crippen molar-refractivity contribution in [3.05, 3.63) is 0 Å². The topological polar surface area (TPSA) is 15.3 Å². The second-order valence-electron chi connectivity index (χ2n) is 6.03. The molecule has 2 heterocycles. The summed E-state index contributed by atoms with van der Waals surface area (Å²) in [6.07, 6.45) is 8.65. The minimum absolute atomic E-state index is 0.561. The van der Waals surface area contributed by atoms with Gasteiger partial charge in [0, 0.05) is 24.7 Å². The fourth-order valence-electron chi connectivity index (χ4n) is 4.01. The van der Waals surface area contributed by atoms with E-state index in [4.69, 9.17) is 0 Å². The van der Waals surface area contributed by atoms with E-state index in [0.717, 1.165) is 12.0 Å². The molecule has 15 heavy (non-hydrogen) atoms. The molecule has 0 amide bonds. The molecule has 3 rings (SSSR count). The largest absolute Gasteiger partial charge is 0.313 e. The predicted molar refractivity (Wildman–Crippen MR) is 63.0 cm³/mol. The van der Waals surface area contributed by atoms with Crippen LogP contribution in [-0.2, 0) is 0 Å². The Morgan fingerprint density at radius 1 is 1.20 bits per heavy atom. The van der Waals surface area contributed by atoms with Gasteiger partial charge in [0.1, 0.15) is 0 Å². The van der Waals surface area contributed by atoms with Gasteiger partial charge >= 0.3 is 0 Å². The van der Waals surface area contributed by atoms with Gasteiger partial charge in [-0.15, -0.1) is 0 Å². The van der Waals surface area contributed by atoms with Crippen molar-refractivity contribution in [3.63, 3.8) is 0 Å². The van der Waals surface area contributed by atoms with Gasteiger partial charge in [-0.05, 0) is 51.0 Å². The fourth-order valence-corrected chi connectivity index (χ4v) is 4.01. The van der Waals surface area contributed by atoms with Crippen LogP contribution in [0.1, 0.15) is 45.4 Å². The number of piperazine rings is 1. The molecule has 0 unspecified atom stereocenters. The first-order valence-electron chi connectivity index (χ1n) is 6.78. The first kappa shape index (κ1) is 10.1. The van der Waals surface area contributed by atoms with Crippen molar-refractivity contribution in [2.24, 2.45) is 5.92 Å². The summed E-state index contributed by atoms with van der Waals surface area (Å²) in [5, 5.41) is 3.69. The van der Waals surface area contributed by atoms with Gasteiger partial charge in [-0.25, -0.2) is 0 Å². The smallest absolute Gasteiger partial charge is 0.0337 e. The highest BCUT2D eigenvalue weighted by Gasteiger charge is 2.46. The molecule has 2 aliphatic heterocycles. The van der Waals surface area contributed by atoms with E-state index in [1.54, 1.807) is 0 Å². The highest BCUT2D eigenvalue weighted by molar-refractivity contribution is 5.04. The molecule has 86 valence electrons. The molecular formula is C13H24N2. The molecule has 1 N–H and O–H groups in total. The number of rotatable bonds is 0. The Labute approximate surface area is 93.4 Å². The number of nitrogens with zero attached hydrogens (tertiary/aromatic N) is 1. The van der Waals surface area contributed by atoms with Gasteiger partial charge in [0.2, 0.25) is 0 Å². The van der Waals surface area contributed by atoms with Crippen molar-refractivity contribution >= 4 is 0 Å². The molecule has 1 spiro atoms. The van der Waals surface area contributed by atoms with Crippen molar-refractivity contribution < 1.29 is 0 Å². The molecule has 2 nitrogen and oxygen atoms in total. The summed E-state index contributed by atoms with van der Waals surface area (Å²) in [6.45, 7) is 6.30. The summed E-state index contributed by atoms with van der Waals surface area (Å²) in [6, 6.07) is 0.868. The van der Waals surface area contributed by atoms with Crippen molar-refractivity contribution in [1.29, 1.82) is 0 Å². The van der Waals surface area contributed by atoms with E-state index in [2.05, 4.69) is 17.1 Å². The molecule has 0 radical (unpaired) electrons. The number of hydrogen-bond acceptors (Lipinski definition) is 2. The van der Waals surface area contributed by atoms with E-state index in [0.29, 0.717) is 5.54 Å². The van der Waals surface area contributed by atoms with E-state index in [1.807, 2.05) is 0 Å². The van der Waals surface area contributed by atoms with Crippen LogP contribution in [-0.4, -0.2) is 36.1 Å². The molecule has 1 saturated carbocycles. The lowest BCUT2D eigenvalue weighted by Gasteiger charge is -2.52. The lowest BCUT2D eigenvalue weighted by molar-refractivity contribution is 0.00337. The summed E-state index contributed by atoms with van der Waals surface area (Å²) < 4.78 is 0. The van der Waals surface area contributed by atoms with Crippen LogP contribution < -0.4 is 5.32 Å². The summed E-state index contributed by atoms with van der Waals surface area (Å²) >= 11 is 0. The summed E-state index contributed by atoms with van der Waals surface area (Å²) in [4.78, 5) is 2.87. The maximum atomic E-state index is 3.69. The molecule has 0 aromatic heterocycles. The maximum absolute atomic E-state index is 3.69. The third-order valence-electron chi connectivity index (χ3n) is 5.03. The quantitative estimate of drug-likeness (QED) is 0.655. The van der Waals surface area contributed by atoms with Crippen molar-refractivity contribution in [3.8, 4) is 0 Å². The summed E-state index contributed by atoms with van der Waals surface area (Å²) in [5.41, 5.74) is 0.561. The van der Waals surface area contributed by atoms with Gasteiger partial charge in [0.05, 0.1) is 0 Å². The predicted octanol–water partition coefficient (Wildman–Crippen LogP) is 2.00. The summed E-state index contributed by atoms with van der Waals surface area (Å²) in [5.74, 6) is 0.971. The number of hydrogen-bond donors (Lipinski definition) is 1. The Bertz CT molecular complexity index is 231. The average Bonchev–Trinajstić information content (AvgIpc) is 2.72. The zero-order valence-electron chi connectivity index (χ0n) is 9.97. The van der Waals surface area contributed by atoms with Gasteiger partial charge in [-0.2, -0.15) is 0 Å². The van der Waals surface area contributed by atoms with E-state index in [-0.39, 0.29) is 0 Å². The molecule has 0 aromatic carbocycles. The minimum atomic E-state index is 0.561. The van der Waals surface area contributed by atoms with Crippen molar-refractivity contribution in [2.45, 2.75) is 57.0 Å². The van der Waals surface area contributed by atoms with Crippen LogP contribution in [0.3, 0.4) is 0 Å². The van der Waals surface area contributed by atoms with Crippen LogP contribution in [0, 0.1) is 5.92 Å². The Morgan fingerprint density at radius 2 is 2.00 bits per heavy atom. The van der Waals surface area contributed by atoms with Crippen molar-refractivity contribution in [2.75, 3.05) is 19.6 Å². The second-order valence-corrected chi connectivity index (χ2v) is 6.03. The van der Waals surface area contributed by atoms with E-state index in [1.165, 1.54) is 58.2 Å². The average molecular weight is 208 g/mol. The monoisotopic (exact) mass is 208 g/mol. The van der Waals surface area contributed by atoms with Crippen LogP contribution in [0.4, 0.5) is 0 Å². The van der Waals surface area contributed by atoms with Crippen LogP contribution in [0.15, 0.2) is 0 Å². The zero-order valence-corrected chi connectivity index (χ0v) is 9.97. The van der Waals surface area contributed by atoms with Gasteiger partial charge in [-0.3, -0.25) is 4.90 Å². The van der Waals surface area contributed by atoms with Crippen LogP contribution in [0.5, 0.6) is 0 Å². The minimum Gasteiger partial charge on any atom is -0.313 e. The highest BCUT2D eigenvalue weighted by atomic mass is 15.3. The van der Waals surface area contributed by atoms with Gasteiger partial charge in [-0.1, -0.05) is 6.92 Å². The van der Waals surface area contributed by atoms with Gasteiger partial charge < -0.3 is 5.32 Å². The number of nitrogens with one attached hydrogen (secondary N) is 1. The molecule has 2 saturated heterocycles. The molecule has 1 atom stereocenters. The lowest BCUT2D eigenvalue weighted by Crippen LogP contribution is -2.64. The molecule has 3 aliphatic rings.